The number of aryl methyl sites for hydroxylation is 2. The molecule has 0 saturated heterocycles. The standard InChI is InChI=1S/C19H26P2.2BrH/c1-3-9-18(10-4-1)13-7-15-20-17-21-16-8-14-19-11-5-2-6-12-19;;/h1-6,9-12,20-21H,7-8,13-17H2;2*1H. The molecule has 4 heteroatoms. The summed E-state index contributed by atoms with van der Waals surface area (Å²) in [6.07, 6.45) is 8.31. The highest BCUT2D eigenvalue weighted by Crippen LogP contribution is 2.25. The first-order valence-electron chi connectivity index (χ1n) is 8.16. The zero-order valence-corrected chi connectivity index (χ0v) is 19.1. The van der Waals surface area contributed by atoms with Crippen LogP contribution in [0.4, 0.5) is 0 Å². The normalized spacial score (nSPS) is 10.8. The molecule has 0 aliphatic heterocycles. The number of hydrogen-bond donors (Lipinski definition) is 0. The van der Waals surface area contributed by atoms with Crippen LogP contribution in [0.25, 0.3) is 0 Å². The van der Waals surface area contributed by atoms with Gasteiger partial charge in [0.15, 0.2) is 5.90 Å². The molecule has 0 aromatic heterocycles. The summed E-state index contributed by atoms with van der Waals surface area (Å²) in [5.41, 5.74) is 3.01. The van der Waals surface area contributed by atoms with Gasteiger partial charge in [-0.1, -0.05) is 60.7 Å². The molecule has 0 radical (unpaired) electrons. The van der Waals surface area contributed by atoms with Gasteiger partial charge in [0.2, 0.25) is 0 Å². The van der Waals surface area contributed by atoms with Crippen LogP contribution in [0.5, 0.6) is 0 Å². The van der Waals surface area contributed by atoms with E-state index >= 15 is 0 Å². The molecular formula is C19H28Br2P2. The molecule has 2 aromatic carbocycles. The van der Waals surface area contributed by atoms with E-state index in [1.165, 1.54) is 49.1 Å². The molecule has 0 fully saturated rings. The molecule has 23 heavy (non-hydrogen) atoms. The third-order valence-corrected chi connectivity index (χ3v) is 8.07. The molecule has 0 amide bonds. The summed E-state index contributed by atoms with van der Waals surface area (Å²) in [6, 6.07) is 21.8. The van der Waals surface area contributed by atoms with E-state index in [2.05, 4.69) is 60.7 Å². The zero-order valence-electron chi connectivity index (χ0n) is 13.6. The van der Waals surface area contributed by atoms with Crippen molar-refractivity contribution in [1.82, 2.24) is 0 Å². The van der Waals surface area contributed by atoms with Crippen LogP contribution in [0.3, 0.4) is 0 Å². The Labute approximate surface area is 166 Å². The SMILES string of the molecule is [Br-].[Br-].c1ccc(CCC[PH2+]C[PH2+]CCCc2ccccc2)cc1. The van der Waals surface area contributed by atoms with Gasteiger partial charge in [0.25, 0.3) is 0 Å². The van der Waals surface area contributed by atoms with Gasteiger partial charge >= 0.3 is 0 Å². The van der Waals surface area contributed by atoms with E-state index in [1.807, 2.05) is 0 Å². The lowest BCUT2D eigenvalue weighted by atomic mass is 10.1. The molecule has 0 N–H and O–H groups in total. The van der Waals surface area contributed by atoms with Gasteiger partial charge < -0.3 is 34.0 Å². The molecule has 128 valence electrons. The summed E-state index contributed by atoms with van der Waals surface area (Å²) in [4.78, 5) is 0. The van der Waals surface area contributed by atoms with E-state index in [1.54, 1.807) is 5.90 Å². The van der Waals surface area contributed by atoms with Crippen LogP contribution in [0, 0.1) is 0 Å². The van der Waals surface area contributed by atoms with Crippen molar-refractivity contribution in [1.29, 1.82) is 0 Å². The highest BCUT2D eigenvalue weighted by molar-refractivity contribution is 7.56. The predicted octanol–water partition coefficient (Wildman–Crippen LogP) is -0.961. The second-order valence-electron chi connectivity index (χ2n) is 5.57. The number of benzene rings is 2. The van der Waals surface area contributed by atoms with Crippen molar-refractivity contribution in [3.05, 3.63) is 71.8 Å². The Morgan fingerprint density at radius 3 is 1.35 bits per heavy atom. The molecule has 0 aliphatic carbocycles. The highest BCUT2D eigenvalue weighted by atomic mass is 79.9. The third kappa shape index (κ3) is 11.4. The van der Waals surface area contributed by atoms with E-state index < -0.39 is 0 Å². The Bertz CT molecular complexity index is 432. The summed E-state index contributed by atoms with van der Waals surface area (Å²) in [6.45, 7) is 0. The van der Waals surface area contributed by atoms with Crippen molar-refractivity contribution in [2.24, 2.45) is 0 Å². The summed E-state index contributed by atoms with van der Waals surface area (Å²) >= 11 is 0. The molecule has 2 aromatic rings. The summed E-state index contributed by atoms with van der Waals surface area (Å²) in [5, 5.41) is 0. The second kappa shape index (κ2) is 15.8. The van der Waals surface area contributed by atoms with Crippen LogP contribution in [0.15, 0.2) is 60.7 Å². The number of halogens is 2. The van der Waals surface area contributed by atoms with Crippen LogP contribution in [0.2, 0.25) is 0 Å². The van der Waals surface area contributed by atoms with Crippen molar-refractivity contribution < 1.29 is 34.0 Å². The number of rotatable bonds is 10. The van der Waals surface area contributed by atoms with Crippen LogP contribution in [-0.2, 0) is 12.8 Å². The fourth-order valence-electron chi connectivity index (χ4n) is 2.54. The average Bonchev–Trinajstić information content (AvgIpc) is 2.55. The molecule has 0 bridgehead atoms. The van der Waals surface area contributed by atoms with Crippen LogP contribution < -0.4 is 34.0 Å². The van der Waals surface area contributed by atoms with Gasteiger partial charge in [-0.25, -0.2) is 0 Å². The molecule has 0 nitrogen and oxygen atoms in total. The first kappa shape index (κ1) is 23.3. The van der Waals surface area contributed by atoms with Crippen molar-refractivity contribution in [3.63, 3.8) is 0 Å². The minimum Gasteiger partial charge on any atom is -1.00 e. The van der Waals surface area contributed by atoms with E-state index in [0.29, 0.717) is 0 Å². The van der Waals surface area contributed by atoms with Gasteiger partial charge in [-0.05, 0) is 36.8 Å². The topological polar surface area (TPSA) is 0 Å². The van der Waals surface area contributed by atoms with E-state index in [9.17, 15) is 0 Å². The monoisotopic (exact) mass is 476 g/mol. The predicted molar refractivity (Wildman–Crippen MR) is 104 cm³/mol. The highest BCUT2D eigenvalue weighted by Gasteiger charge is 2.02. The van der Waals surface area contributed by atoms with Gasteiger partial charge in [-0.15, -0.1) is 0 Å². The van der Waals surface area contributed by atoms with Crippen LogP contribution >= 0.6 is 17.2 Å². The minimum absolute atomic E-state index is 0. The maximum Gasteiger partial charge on any atom is 0.150 e. The Kier molecular flexibility index (Phi) is 15.9. The molecule has 2 unspecified atom stereocenters. The Morgan fingerprint density at radius 1 is 0.565 bits per heavy atom. The van der Waals surface area contributed by atoms with Crippen molar-refractivity contribution in [2.45, 2.75) is 25.7 Å². The minimum atomic E-state index is 0. The average molecular weight is 478 g/mol. The van der Waals surface area contributed by atoms with Gasteiger partial charge in [0.05, 0.1) is 12.3 Å². The molecule has 0 saturated carbocycles. The van der Waals surface area contributed by atoms with Gasteiger partial charge in [0, 0.05) is 17.2 Å². The lowest BCUT2D eigenvalue weighted by molar-refractivity contribution is -0.00100. The van der Waals surface area contributed by atoms with Gasteiger partial charge in [-0.2, -0.15) is 0 Å². The lowest BCUT2D eigenvalue weighted by Gasteiger charge is -1.98. The largest absolute Gasteiger partial charge is 1.00 e. The summed E-state index contributed by atoms with van der Waals surface area (Å²) in [5.74, 6) is 1.57. The zero-order chi connectivity index (χ0) is 14.6. The first-order valence-corrected chi connectivity index (χ1v) is 11.4. The van der Waals surface area contributed by atoms with Crippen LogP contribution in [0.1, 0.15) is 24.0 Å². The van der Waals surface area contributed by atoms with E-state index in [4.69, 9.17) is 0 Å². The fraction of sp³-hybridized carbons (Fsp3) is 0.368. The Balaban J connectivity index is 0.00000242. The third-order valence-electron chi connectivity index (χ3n) is 3.77. The smallest absolute Gasteiger partial charge is 0.150 e. The molecular weight excluding hydrogens is 450 g/mol. The molecule has 0 spiro atoms. The van der Waals surface area contributed by atoms with Crippen molar-refractivity contribution in [2.75, 3.05) is 18.2 Å². The molecule has 0 aliphatic rings. The molecule has 2 atom stereocenters. The Morgan fingerprint density at radius 2 is 0.957 bits per heavy atom. The van der Waals surface area contributed by atoms with Gasteiger partial charge in [-0.3, -0.25) is 0 Å². The first-order chi connectivity index (χ1) is 10.4. The maximum absolute atomic E-state index is 2.25. The fourth-order valence-corrected chi connectivity index (χ4v) is 6.36. The Hall–Kier alpha value is 0.260. The molecule has 0 heterocycles. The summed E-state index contributed by atoms with van der Waals surface area (Å²) < 4.78 is 0. The number of hydrogen-bond acceptors (Lipinski definition) is 0. The van der Waals surface area contributed by atoms with Crippen molar-refractivity contribution >= 4 is 17.2 Å². The van der Waals surface area contributed by atoms with Crippen molar-refractivity contribution in [3.8, 4) is 0 Å². The van der Waals surface area contributed by atoms with Crippen LogP contribution in [-0.4, -0.2) is 18.2 Å². The lowest BCUT2D eigenvalue weighted by Crippen LogP contribution is -3.00. The second-order valence-corrected chi connectivity index (χ2v) is 9.76. The van der Waals surface area contributed by atoms with Gasteiger partial charge in [0.1, 0.15) is 0 Å². The quantitative estimate of drug-likeness (QED) is 0.305. The molecule has 2 rings (SSSR count). The maximum atomic E-state index is 2.25. The summed E-state index contributed by atoms with van der Waals surface area (Å²) in [7, 11) is 1.44. The van der Waals surface area contributed by atoms with E-state index in [0.717, 1.165) is 17.2 Å². The van der Waals surface area contributed by atoms with E-state index in [-0.39, 0.29) is 34.0 Å².